The SMILES string of the molecule is CC1C=CC2=NC(C)CC2=CC1. The van der Waals surface area contributed by atoms with E-state index in [2.05, 4.69) is 37.1 Å². The predicted molar refractivity (Wildman–Crippen MR) is 52.5 cm³/mol. The van der Waals surface area contributed by atoms with Crippen molar-refractivity contribution < 1.29 is 0 Å². The number of aliphatic imine (C=N–C) groups is 1. The van der Waals surface area contributed by atoms with E-state index >= 15 is 0 Å². The summed E-state index contributed by atoms with van der Waals surface area (Å²) in [5, 5.41) is 0. The van der Waals surface area contributed by atoms with Crippen LogP contribution in [0.2, 0.25) is 0 Å². The summed E-state index contributed by atoms with van der Waals surface area (Å²) in [4.78, 5) is 4.57. The maximum atomic E-state index is 4.57. The van der Waals surface area contributed by atoms with Gasteiger partial charge in [-0.25, -0.2) is 0 Å². The van der Waals surface area contributed by atoms with Crippen molar-refractivity contribution in [1.29, 1.82) is 0 Å². The van der Waals surface area contributed by atoms with Gasteiger partial charge in [-0.15, -0.1) is 0 Å². The van der Waals surface area contributed by atoms with Gasteiger partial charge in [0.1, 0.15) is 0 Å². The number of nitrogens with zero attached hydrogens (tertiary/aromatic N) is 1. The Bertz CT molecular complexity index is 271. The van der Waals surface area contributed by atoms with Gasteiger partial charge >= 0.3 is 0 Å². The average Bonchev–Trinajstić information content (AvgIpc) is 2.31. The van der Waals surface area contributed by atoms with E-state index in [9.17, 15) is 0 Å². The highest BCUT2D eigenvalue weighted by atomic mass is 14.8. The highest BCUT2D eigenvalue weighted by Gasteiger charge is 2.18. The molecule has 0 aromatic rings. The van der Waals surface area contributed by atoms with Gasteiger partial charge in [0.15, 0.2) is 0 Å². The van der Waals surface area contributed by atoms with Gasteiger partial charge in [0.25, 0.3) is 0 Å². The highest BCUT2D eigenvalue weighted by molar-refractivity contribution is 6.10. The quantitative estimate of drug-likeness (QED) is 0.518. The predicted octanol–water partition coefficient (Wildman–Crippen LogP) is 2.74. The molecule has 0 saturated heterocycles. The van der Waals surface area contributed by atoms with Crippen molar-refractivity contribution in [3.63, 3.8) is 0 Å². The topological polar surface area (TPSA) is 12.4 Å². The summed E-state index contributed by atoms with van der Waals surface area (Å²) in [5.74, 6) is 0.682. The van der Waals surface area contributed by atoms with E-state index in [1.807, 2.05) is 0 Å². The second kappa shape index (κ2) is 2.89. The molecule has 0 fully saturated rings. The molecule has 0 amide bonds. The van der Waals surface area contributed by atoms with Crippen molar-refractivity contribution in [2.45, 2.75) is 32.7 Å². The third kappa shape index (κ3) is 1.36. The average molecular weight is 161 g/mol. The molecule has 12 heavy (non-hydrogen) atoms. The van der Waals surface area contributed by atoms with E-state index in [1.54, 1.807) is 0 Å². The summed E-state index contributed by atoms with van der Waals surface area (Å²) in [7, 11) is 0. The van der Waals surface area contributed by atoms with Crippen LogP contribution in [0.25, 0.3) is 0 Å². The van der Waals surface area contributed by atoms with E-state index in [1.165, 1.54) is 17.7 Å². The monoisotopic (exact) mass is 161 g/mol. The minimum atomic E-state index is 0.504. The molecule has 1 nitrogen and oxygen atoms in total. The van der Waals surface area contributed by atoms with Crippen LogP contribution < -0.4 is 0 Å². The summed E-state index contributed by atoms with van der Waals surface area (Å²) >= 11 is 0. The Balaban J connectivity index is 2.30. The Morgan fingerprint density at radius 1 is 1.42 bits per heavy atom. The highest BCUT2D eigenvalue weighted by Crippen LogP contribution is 2.24. The molecular formula is C11H15N. The van der Waals surface area contributed by atoms with E-state index in [4.69, 9.17) is 0 Å². The van der Waals surface area contributed by atoms with Gasteiger partial charge in [-0.3, -0.25) is 4.99 Å². The summed E-state index contributed by atoms with van der Waals surface area (Å²) < 4.78 is 0. The zero-order valence-electron chi connectivity index (χ0n) is 7.75. The van der Waals surface area contributed by atoms with E-state index in [0.717, 1.165) is 6.42 Å². The largest absolute Gasteiger partial charge is 0.282 e. The molecule has 0 bridgehead atoms. The summed E-state index contributed by atoms with van der Waals surface area (Å²) in [6.45, 7) is 4.43. The first-order valence-electron chi connectivity index (χ1n) is 4.71. The fourth-order valence-corrected chi connectivity index (χ4v) is 1.79. The molecule has 0 N–H and O–H groups in total. The molecule has 0 aromatic heterocycles. The molecule has 2 atom stereocenters. The fourth-order valence-electron chi connectivity index (χ4n) is 1.79. The van der Waals surface area contributed by atoms with Crippen LogP contribution in [-0.2, 0) is 0 Å². The first-order valence-corrected chi connectivity index (χ1v) is 4.71. The van der Waals surface area contributed by atoms with Crippen LogP contribution in [0.4, 0.5) is 0 Å². The molecule has 1 aliphatic heterocycles. The van der Waals surface area contributed by atoms with Crippen molar-refractivity contribution >= 4 is 5.71 Å². The number of hydrogen-bond donors (Lipinski definition) is 0. The van der Waals surface area contributed by atoms with E-state index in [0.29, 0.717) is 12.0 Å². The van der Waals surface area contributed by atoms with Gasteiger partial charge < -0.3 is 0 Å². The van der Waals surface area contributed by atoms with Crippen molar-refractivity contribution in [2.75, 3.05) is 0 Å². The molecular weight excluding hydrogens is 146 g/mol. The second-order valence-corrected chi connectivity index (χ2v) is 3.87. The Morgan fingerprint density at radius 3 is 3.08 bits per heavy atom. The van der Waals surface area contributed by atoms with Crippen molar-refractivity contribution in [3.05, 3.63) is 23.8 Å². The Kier molecular flexibility index (Phi) is 1.87. The molecule has 2 rings (SSSR count). The van der Waals surface area contributed by atoms with Gasteiger partial charge in [0.2, 0.25) is 0 Å². The van der Waals surface area contributed by atoms with Gasteiger partial charge in [0.05, 0.1) is 11.8 Å². The number of hydrogen-bond acceptors (Lipinski definition) is 1. The smallest absolute Gasteiger partial charge is 0.0604 e. The van der Waals surface area contributed by atoms with Crippen LogP contribution >= 0.6 is 0 Å². The molecule has 2 unspecified atom stereocenters. The van der Waals surface area contributed by atoms with Crippen LogP contribution in [0.15, 0.2) is 28.8 Å². The fraction of sp³-hybridized carbons (Fsp3) is 0.545. The minimum Gasteiger partial charge on any atom is -0.282 e. The van der Waals surface area contributed by atoms with Gasteiger partial charge in [-0.1, -0.05) is 19.1 Å². The van der Waals surface area contributed by atoms with Crippen LogP contribution in [0, 0.1) is 5.92 Å². The maximum Gasteiger partial charge on any atom is 0.0604 e. The van der Waals surface area contributed by atoms with Crippen LogP contribution in [0.3, 0.4) is 0 Å². The molecule has 64 valence electrons. The summed E-state index contributed by atoms with van der Waals surface area (Å²) in [6.07, 6.45) is 9.13. The molecule has 0 spiro atoms. The van der Waals surface area contributed by atoms with Gasteiger partial charge in [-0.05, 0) is 37.3 Å². The van der Waals surface area contributed by atoms with Gasteiger partial charge in [0, 0.05) is 0 Å². The molecule has 2 aliphatic rings. The normalized spacial score (nSPS) is 33.8. The van der Waals surface area contributed by atoms with Crippen molar-refractivity contribution in [2.24, 2.45) is 10.9 Å². The third-order valence-corrected chi connectivity index (χ3v) is 2.52. The summed E-state index contributed by atoms with van der Waals surface area (Å²) in [6, 6.07) is 0.504. The minimum absolute atomic E-state index is 0.504. The first kappa shape index (κ1) is 7.78. The number of rotatable bonds is 0. The lowest BCUT2D eigenvalue weighted by Crippen LogP contribution is -1.91. The van der Waals surface area contributed by atoms with E-state index in [-0.39, 0.29) is 0 Å². The third-order valence-electron chi connectivity index (χ3n) is 2.52. The lowest BCUT2D eigenvalue weighted by atomic mass is 10.1. The van der Waals surface area contributed by atoms with Crippen LogP contribution in [0.1, 0.15) is 26.7 Å². The Hall–Kier alpha value is -0.850. The standard InChI is InChI=1S/C11H15N/c1-8-3-5-10-7-9(2)12-11(10)6-4-8/h4-6,8-9H,3,7H2,1-2H3. The lowest BCUT2D eigenvalue weighted by molar-refractivity contribution is 0.734. The van der Waals surface area contributed by atoms with Crippen LogP contribution in [0.5, 0.6) is 0 Å². The van der Waals surface area contributed by atoms with Crippen LogP contribution in [-0.4, -0.2) is 11.8 Å². The summed E-state index contributed by atoms with van der Waals surface area (Å²) in [5.41, 5.74) is 2.69. The first-order chi connectivity index (χ1) is 5.75. The molecule has 1 heteroatoms. The molecule has 0 radical (unpaired) electrons. The Labute approximate surface area is 73.9 Å². The molecule has 0 saturated carbocycles. The second-order valence-electron chi connectivity index (χ2n) is 3.87. The Morgan fingerprint density at radius 2 is 2.25 bits per heavy atom. The molecule has 1 heterocycles. The molecule has 0 aromatic carbocycles. The maximum absolute atomic E-state index is 4.57. The molecule has 1 aliphatic carbocycles. The lowest BCUT2D eigenvalue weighted by Gasteiger charge is -1.98. The zero-order chi connectivity index (χ0) is 8.55. The number of fused-ring (bicyclic) bond motifs is 1. The van der Waals surface area contributed by atoms with Crippen molar-refractivity contribution in [1.82, 2.24) is 0 Å². The van der Waals surface area contributed by atoms with E-state index < -0.39 is 0 Å². The number of allylic oxidation sites excluding steroid dienone is 3. The van der Waals surface area contributed by atoms with Crippen molar-refractivity contribution in [3.8, 4) is 0 Å². The zero-order valence-corrected chi connectivity index (χ0v) is 7.75. The van der Waals surface area contributed by atoms with Gasteiger partial charge in [-0.2, -0.15) is 0 Å².